The number of carbonyl (C=O) groups excluding carboxylic acids is 1. The Hall–Kier alpha value is -2.00. The molecule has 4 heteroatoms. The minimum Gasteiger partial charge on any atom is -0.479 e. The average Bonchev–Trinajstić information content (AvgIpc) is 2.48. The van der Waals surface area contributed by atoms with Crippen LogP contribution >= 0.6 is 11.6 Å². The Kier molecular flexibility index (Phi) is 5.32. The van der Waals surface area contributed by atoms with Crippen LogP contribution in [0.15, 0.2) is 48.5 Å². The number of nitrogens with two attached hydrogens (primary N) is 1. The molecule has 2 aromatic rings. The number of carbonyl (C=O) groups is 1. The van der Waals surface area contributed by atoms with Crippen molar-refractivity contribution in [2.24, 2.45) is 5.73 Å². The van der Waals surface area contributed by atoms with E-state index in [4.69, 9.17) is 22.1 Å². The maximum Gasteiger partial charge on any atom is 0.258 e. The summed E-state index contributed by atoms with van der Waals surface area (Å²) in [5, 5.41) is 0.460. The molecule has 3 nitrogen and oxygen atoms in total. The fourth-order valence-electron chi connectivity index (χ4n) is 2.25. The molecule has 0 heterocycles. The number of benzene rings is 2. The number of ether oxygens (including phenoxy) is 1. The Morgan fingerprint density at radius 1 is 1.13 bits per heavy atom. The highest BCUT2D eigenvalue weighted by Gasteiger charge is 2.20. The van der Waals surface area contributed by atoms with Gasteiger partial charge in [-0.05, 0) is 28.7 Å². The lowest BCUT2D eigenvalue weighted by Gasteiger charge is -2.20. The molecule has 122 valence electrons. The molecule has 0 radical (unpaired) electrons. The fraction of sp³-hybridized carbons (Fsp3) is 0.316. The number of amides is 1. The lowest BCUT2D eigenvalue weighted by Crippen LogP contribution is -2.35. The maximum absolute atomic E-state index is 11.7. The molecule has 1 atom stereocenters. The number of para-hydroxylation sites is 1. The summed E-state index contributed by atoms with van der Waals surface area (Å²) in [5.74, 6) is -0.0471. The van der Waals surface area contributed by atoms with Crippen LogP contribution in [0.4, 0.5) is 0 Å². The highest BCUT2D eigenvalue weighted by Crippen LogP contribution is 2.26. The van der Waals surface area contributed by atoms with Crippen LogP contribution in [0.5, 0.6) is 5.75 Å². The largest absolute Gasteiger partial charge is 0.479 e. The SMILES string of the molecule is CC(C)(C)c1ccc(CC(Oc2ccccc2Cl)C(N)=O)cc1. The van der Waals surface area contributed by atoms with Crippen LogP contribution in [0, 0.1) is 0 Å². The molecule has 0 saturated heterocycles. The Bertz CT molecular complexity index is 675. The predicted molar refractivity (Wildman–Crippen MR) is 93.9 cm³/mol. The average molecular weight is 332 g/mol. The Balaban J connectivity index is 2.14. The number of hydrogen-bond donors (Lipinski definition) is 1. The molecular formula is C19H22ClNO2. The minimum atomic E-state index is -0.754. The van der Waals surface area contributed by atoms with Crippen molar-refractivity contribution in [3.05, 3.63) is 64.7 Å². The second-order valence-corrected chi connectivity index (χ2v) is 7.00. The van der Waals surface area contributed by atoms with Crippen molar-refractivity contribution in [3.8, 4) is 5.75 Å². The highest BCUT2D eigenvalue weighted by molar-refractivity contribution is 6.32. The molecule has 0 aliphatic rings. The third kappa shape index (κ3) is 4.73. The van der Waals surface area contributed by atoms with Crippen molar-refractivity contribution >= 4 is 17.5 Å². The maximum atomic E-state index is 11.7. The van der Waals surface area contributed by atoms with Gasteiger partial charge in [0.05, 0.1) is 5.02 Å². The van der Waals surface area contributed by atoms with Gasteiger partial charge in [-0.1, -0.05) is 68.8 Å². The second-order valence-electron chi connectivity index (χ2n) is 6.59. The first-order valence-electron chi connectivity index (χ1n) is 7.57. The molecule has 2 aromatic carbocycles. The van der Waals surface area contributed by atoms with E-state index >= 15 is 0 Å². The molecule has 0 spiro atoms. The Morgan fingerprint density at radius 3 is 2.26 bits per heavy atom. The van der Waals surface area contributed by atoms with Gasteiger partial charge in [0, 0.05) is 6.42 Å². The first-order chi connectivity index (χ1) is 10.8. The molecule has 0 aliphatic heterocycles. The zero-order valence-electron chi connectivity index (χ0n) is 13.7. The van der Waals surface area contributed by atoms with Crippen molar-refractivity contribution < 1.29 is 9.53 Å². The van der Waals surface area contributed by atoms with Crippen molar-refractivity contribution in [2.75, 3.05) is 0 Å². The topological polar surface area (TPSA) is 52.3 Å². The third-order valence-electron chi connectivity index (χ3n) is 3.66. The summed E-state index contributed by atoms with van der Waals surface area (Å²) in [6.07, 6.45) is -0.347. The van der Waals surface area contributed by atoms with E-state index < -0.39 is 12.0 Å². The molecule has 0 bridgehead atoms. The molecule has 0 saturated carbocycles. The van der Waals surface area contributed by atoms with Gasteiger partial charge in [0.2, 0.25) is 0 Å². The third-order valence-corrected chi connectivity index (χ3v) is 3.98. The van der Waals surface area contributed by atoms with Crippen LogP contribution < -0.4 is 10.5 Å². The van der Waals surface area contributed by atoms with Crippen LogP contribution in [0.1, 0.15) is 31.9 Å². The van der Waals surface area contributed by atoms with Gasteiger partial charge in [0.1, 0.15) is 5.75 Å². The minimum absolute atomic E-state index is 0.0929. The van der Waals surface area contributed by atoms with E-state index in [9.17, 15) is 4.79 Å². The number of primary amides is 1. The van der Waals surface area contributed by atoms with E-state index in [-0.39, 0.29) is 5.41 Å². The number of hydrogen-bond acceptors (Lipinski definition) is 2. The van der Waals surface area contributed by atoms with E-state index in [1.54, 1.807) is 24.3 Å². The summed E-state index contributed by atoms with van der Waals surface area (Å²) >= 11 is 6.07. The monoisotopic (exact) mass is 331 g/mol. The fourth-order valence-corrected chi connectivity index (χ4v) is 2.43. The number of rotatable bonds is 5. The van der Waals surface area contributed by atoms with Crippen molar-refractivity contribution in [1.82, 2.24) is 0 Å². The van der Waals surface area contributed by atoms with E-state index in [0.717, 1.165) is 5.56 Å². The van der Waals surface area contributed by atoms with Gasteiger partial charge >= 0.3 is 0 Å². The van der Waals surface area contributed by atoms with Gasteiger partial charge in [-0.2, -0.15) is 0 Å². The lowest BCUT2D eigenvalue weighted by molar-refractivity contribution is -0.124. The van der Waals surface area contributed by atoms with E-state index in [2.05, 4.69) is 32.9 Å². The summed E-state index contributed by atoms with van der Waals surface area (Å²) in [6.45, 7) is 6.48. The zero-order chi connectivity index (χ0) is 17.0. The normalized spacial score (nSPS) is 12.7. The molecule has 1 amide bonds. The van der Waals surface area contributed by atoms with Crippen molar-refractivity contribution in [3.63, 3.8) is 0 Å². The molecule has 1 unspecified atom stereocenters. The first-order valence-corrected chi connectivity index (χ1v) is 7.95. The summed E-state index contributed by atoms with van der Waals surface area (Å²) < 4.78 is 5.70. The van der Waals surface area contributed by atoms with Gasteiger partial charge in [-0.3, -0.25) is 4.79 Å². The van der Waals surface area contributed by atoms with Gasteiger partial charge in [-0.15, -0.1) is 0 Å². The van der Waals surface area contributed by atoms with Crippen LogP contribution in [-0.2, 0) is 16.6 Å². The smallest absolute Gasteiger partial charge is 0.258 e. The molecular weight excluding hydrogens is 310 g/mol. The summed E-state index contributed by atoms with van der Waals surface area (Å²) in [7, 11) is 0. The summed E-state index contributed by atoms with van der Waals surface area (Å²) in [4.78, 5) is 11.7. The molecule has 0 aliphatic carbocycles. The van der Waals surface area contributed by atoms with Gasteiger partial charge in [0.25, 0.3) is 5.91 Å². The second kappa shape index (κ2) is 7.05. The summed E-state index contributed by atoms with van der Waals surface area (Å²) in [5.41, 5.74) is 7.80. The first kappa shape index (κ1) is 17.4. The molecule has 2 rings (SSSR count). The predicted octanol–water partition coefficient (Wildman–Crippen LogP) is 4.11. The Labute approximate surface area is 142 Å². The molecule has 23 heavy (non-hydrogen) atoms. The lowest BCUT2D eigenvalue weighted by atomic mass is 9.86. The highest BCUT2D eigenvalue weighted by atomic mass is 35.5. The van der Waals surface area contributed by atoms with Crippen LogP contribution in [-0.4, -0.2) is 12.0 Å². The van der Waals surface area contributed by atoms with Crippen LogP contribution in [0.2, 0.25) is 5.02 Å². The molecule has 2 N–H and O–H groups in total. The van der Waals surface area contributed by atoms with Crippen molar-refractivity contribution in [1.29, 1.82) is 0 Å². The van der Waals surface area contributed by atoms with Gasteiger partial charge in [-0.25, -0.2) is 0 Å². The van der Waals surface area contributed by atoms with Crippen molar-refractivity contribution in [2.45, 2.75) is 38.7 Å². The van der Waals surface area contributed by atoms with Gasteiger partial charge < -0.3 is 10.5 Å². The van der Waals surface area contributed by atoms with Crippen LogP contribution in [0.3, 0.4) is 0 Å². The zero-order valence-corrected chi connectivity index (χ0v) is 14.4. The number of halogens is 1. The van der Waals surface area contributed by atoms with E-state index in [0.29, 0.717) is 17.2 Å². The molecule has 0 aromatic heterocycles. The van der Waals surface area contributed by atoms with E-state index in [1.165, 1.54) is 5.56 Å². The summed E-state index contributed by atoms with van der Waals surface area (Å²) in [6, 6.07) is 15.2. The molecule has 0 fully saturated rings. The van der Waals surface area contributed by atoms with Crippen LogP contribution in [0.25, 0.3) is 0 Å². The standard InChI is InChI=1S/C19H22ClNO2/c1-19(2,3)14-10-8-13(9-11-14)12-17(18(21)22)23-16-7-5-4-6-15(16)20/h4-11,17H,12H2,1-3H3,(H2,21,22). The van der Waals surface area contributed by atoms with E-state index in [1.807, 2.05) is 12.1 Å². The Morgan fingerprint density at radius 2 is 1.74 bits per heavy atom. The van der Waals surface area contributed by atoms with Gasteiger partial charge in [0.15, 0.2) is 6.10 Å². The quantitative estimate of drug-likeness (QED) is 0.896.